The molecule has 2 heterocycles. The summed E-state index contributed by atoms with van der Waals surface area (Å²) in [5.74, 6) is -0.443. The maximum Gasteiger partial charge on any atom is 0.267 e. The number of thiazole rings is 1. The Bertz CT molecular complexity index is 1140. The number of nitrogens with zero attached hydrogens (tertiary/aromatic N) is 4. The van der Waals surface area contributed by atoms with Crippen molar-refractivity contribution in [2.24, 2.45) is 0 Å². The van der Waals surface area contributed by atoms with E-state index < -0.39 is 6.04 Å². The molecule has 8 nitrogen and oxygen atoms in total. The molecule has 2 aromatic heterocycles. The van der Waals surface area contributed by atoms with Crippen molar-refractivity contribution in [3.05, 3.63) is 78.3 Å². The van der Waals surface area contributed by atoms with Gasteiger partial charge in [0.15, 0.2) is 0 Å². The largest absolute Gasteiger partial charge is 0.324 e. The van der Waals surface area contributed by atoms with Crippen molar-refractivity contribution < 1.29 is 9.59 Å². The first-order valence-corrected chi connectivity index (χ1v) is 9.99. The van der Waals surface area contributed by atoms with Gasteiger partial charge < -0.3 is 10.6 Å². The molecule has 0 fully saturated rings. The fourth-order valence-corrected chi connectivity index (χ4v) is 3.52. The summed E-state index contributed by atoms with van der Waals surface area (Å²) in [6, 6.07) is 16.1. The molecule has 2 amide bonds. The Balaban J connectivity index is 1.37. The normalized spacial score (nSPS) is 11.6. The van der Waals surface area contributed by atoms with Gasteiger partial charge in [0.2, 0.25) is 5.91 Å². The summed E-state index contributed by atoms with van der Waals surface area (Å²) in [5.41, 5.74) is 2.22. The molecule has 30 heavy (non-hydrogen) atoms. The molecule has 4 aromatic rings. The van der Waals surface area contributed by atoms with Crippen LogP contribution in [-0.4, -0.2) is 31.6 Å². The lowest BCUT2D eigenvalue weighted by atomic mass is 10.2. The van der Waals surface area contributed by atoms with Crippen LogP contribution in [0.4, 0.5) is 11.4 Å². The molecule has 0 saturated carbocycles. The molecule has 0 spiro atoms. The second-order valence-corrected chi connectivity index (χ2v) is 7.50. The van der Waals surface area contributed by atoms with Crippen LogP contribution in [0, 0.1) is 0 Å². The Morgan fingerprint density at radius 1 is 1.00 bits per heavy atom. The van der Waals surface area contributed by atoms with E-state index in [-0.39, 0.29) is 11.8 Å². The quantitative estimate of drug-likeness (QED) is 0.495. The Morgan fingerprint density at radius 2 is 1.70 bits per heavy atom. The summed E-state index contributed by atoms with van der Waals surface area (Å²) in [5, 5.41) is 10.4. The maximum absolute atomic E-state index is 12.5. The number of amides is 2. The highest BCUT2D eigenvalue weighted by Gasteiger charge is 2.16. The number of hydrogen-bond acceptors (Lipinski definition) is 6. The number of carbonyl (C=O) groups excluding carboxylic acids is 2. The van der Waals surface area contributed by atoms with Gasteiger partial charge in [0.1, 0.15) is 28.6 Å². The van der Waals surface area contributed by atoms with E-state index in [1.54, 1.807) is 37.4 Å². The number of aromatic nitrogens is 4. The van der Waals surface area contributed by atoms with Gasteiger partial charge in [-0.3, -0.25) is 9.59 Å². The molecule has 4 rings (SSSR count). The van der Waals surface area contributed by atoms with Crippen LogP contribution in [-0.2, 0) is 4.79 Å². The van der Waals surface area contributed by atoms with E-state index in [9.17, 15) is 9.59 Å². The Hall–Kier alpha value is -3.85. The number of benzene rings is 2. The third-order valence-corrected chi connectivity index (χ3v) is 5.42. The molecule has 0 bridgehead atoms. The van der Waals surface area contributed by atoms with Crippen molar-refractivity contribution in [2.45, 2.75) is 13.0 Å². The van der Waals surface area contributed by atoms with Crippen molar-refractivity contribution in [3.8, 4) is 10.6 Å². The van der Waals surface area contributed by atoms with E-state index in [1.807, 2.05) is 30.3 Å². The molecule has 0 radical (unpaired) electrons. The molecule has 0 aliphatic rings. The van der Waals surface area contributed by atoms with E-state index in [4.69, 9.17) is 0 Å². The van der Waals surface area contributed by atoms with Crippen molar-refractivity contribution in [1.82, 2.24) is 19.7 Å². The summed E-state index contributed by atoms with van der Waals surface area (Å²) in [7, 11) is 0. The molecule has 0 aliphatic carbocycles. The smallest absolute Gasteiger partial charge is 0.267 e. The monoisotopic (exact) mass is 418 g/mol. The fourth-order valence-electron chi connectivity index (χ4n) is 2.71. The zero-order valence-corrected chi connectivity index (χ0v) is 16.8. The molecule has 0 saturated heterocycles. The van der Waals surface area contributed by atoms with Crippen molar-refractivity contribution in [2.75, 3.05) is 10.6 Å². The molecule has 2 N–H and O–H groups in total. The number of hydrogen-bond donors (Lipinski definition) is 2. The van der Waals surface area contributed by atoms with Crippen molar-refractivity contribution >= 4 is 34.5 Å². The lowest BCUT2D eigenvalue weighted by Gasteiger charge is -2.12. The predicted molar refractivity (Wildman–Crippen MR) is 115 cm³/mol. The Kier molecular flexibility index (Phi) is 5.62. The van der Waals surface area contributed by atoms with E-state index in [2.05, 4.69) is 25.7 Å². The fraction of sp³-hybridized carbons (Fsp3) is 0.0952. The van der Waals surface area contributed by atoms with Crippen molar-refractivity contribution in [1.29, 1.82) is 0 Å². The van der Waals surface area contributed by atoms with Crippen LogP contribution >= 0.6 is 11.3 Å². The van der Waals surface area contributed by atoms with Gasteiger partial charge in [0.25, 0.3) is 5.91 Å². The molecule has 9 heteroatoms. The minimum atomic E-state index is -0.489. The van der Waals surface area contributed by atoms with Crippen LogP contribution in [0.3, 0.4) is 0 Å². The highest BCUT2D eigenvalue weighted by atomic mass is 32.1. The first kappa shape index (κ1) is 19.5. The summed E-state index contributed by atoms with van der Waals surface area (Å²) < 4.78 is 1.47. The van der Waals surface area contributed by atoms with Gasteiger partial charge in [-0.05, 0) is 31.2 Å². The molecular weight excluding hydrogens is 400 g/mol. The van der Waals surface area contributed by atoms with Gasteiger partial charge in [-0.15, -0.1) is 11.3 Å². The first-order valence-electron chi connectivity index (χ1n) is 9.18. The second-order valence-electron chi connectivity index (χ2n) is 6.47. The summed E-state index contributed by atoms with van der Waals surface area (Å²) in [6.45, 7) is 1.73. The average Bonchev–Trinajstić information content (AvgIpc) is 3.48. The van der Waals surface area contributed by atoms with E-state index in [0.29, 0.717) is 16.3 Å². The van der Waals surface area contributed by atoms with Gasteiger partial charge in [0.05, 0.1) is 6.20 Å². The van der Waals surface area contributed by atoms with E-state index in [1.165, 1.54) is 28.7 Å². The molecule has 1 unspecified atom stereocenters. The lowest BCUT2D eigenvalue weighted by molar-refractivity contribution is -0.119. The lowest BCUT2D eigenvalue weighted by Crippen LogP contribution is -2.24. The van der Waals surface area contributed by atoms with Crippen molar-refractivity contribution in [3.63, 3.8) is 0 Å². The predicted octanol–water partition coefficient (Wildman–Crippen LogP) is 3.85. The van der Waals surface area contributed by atoms with Crippen LogP contribution in [0.1, 0.15) is 22.6 Å². The first-order chi connectivity index (χ1) is 14.6. The second kappa shape index (κ2) is 8.66. The topological polar surface area (TPSA) is 102 Å². The maximum atomic E-state index is 12.5. The standard InChI is InChI=1S/C21H18N6O2S/c1-14(27-13-22-12-24-27)19(28)25-16-7-9-17(10-8-16)26-20(29)18-11-23-21(30-18)15-5-3-2-4-6-15/h2-14H,1H3,(H,25,28)(H,26,29). The minimum Gasteiger partial charge on any atom is -0.324 e. The highest BCUT2D eigenvalue weighted by molar-refractivity contribution is 7.17. The number of anilines is 2. The summed E-state index contributed by atoms with van der Waals surface area (Å²) in [4.78, 5) is 33.5. The average molecular weight is 418 g/mol. The number of rotatable bonds is 6. The van der Waals surface area contributed by atoms with Crippen LogP contribution < -0.4 is 10.6 Å². The van der Waals surface area contributed by atoms with Crippen LogP contribution in [0.2, 0.25) is 0 Å². The van der Waals surface area contributed by atoms with Gasteiger partial charge in [0, 0.05) is 16.9 Å². The molecule has 1 atom stereocenters. The highest BCUT2D eigenvalue weighted by Crippen LogP contribution is 2.25. The molecule has 0 aliphatic heterocycles. The summed E-state index contributed by atoms with van der Waals surface area (Å²) in [6.07, 6.45) is 4.45. The molecular formula is C21H18N6O2S. The van der Waals surface area contributed by atoms with Gasteiger partial charge in [-0.25, -0.2) is 14.6 Å². The van der Waals surface area contributed by atoms with Crippen LogP contribution in [0.25, 0.3) is 10.6 Å². The zero-order chi connectivity index (χ0) is 20.9. The van der Waals surface area contributed by atoms with Crippen LogP contribution in [0.15, 0.2) is 73.4 Å². The molecule has 150 valence electrons. The Labute approximate surface area is 176 Å². The zero-order valence-electron chi connectivity index (χ0n) is 16.0. The summed E-state index contributed by atoms with van der Waals surface area (Å²) >= 11 is 1.33. The van der Waals surface area contributed by atoms with Gasteiger partial charge >= 0.3 is 0 Å². The van der Waals surface area contributed by atoms with Gasteiger partial charge in [-0.2, -0.15) is 5.10 Å². The third kappa shape index (κ3) is 4.41. The number of carbonyl (C=O) groups is 2. The Morgan fingerprint density at radius 3 is 2.37 bits per heavy atom. The minimum absolute atomic E-state index is 0.213. The third-order valence-electron chi connectivity index (χ3n) is 4.37. The number of nitrogens with one attached hydrogen (secondary N) is 2. The van der Waals surface area contributed by atoms with E-state index in [0.717, 1.165) is 10.6 Å². The van der Waals surface area contributed by atoms with Gasteiger partial charge in [-0.1, -0.05) is 30.3 Å². The SMILES string of the molecule is CC(C(=O)Nc1ccc(NC(=O)c2cnc(-c3ccccc3)s2)cc1)n1cncn1. The van der Waals surface area contributed by atoms with Crippen LogP contribution in [0.5, 0.6) is 0 Å². The molecule has 2 aromatic carbocycles. The van der Waals surface area contributed by atoms with E-state index >= 15 is 0 Å².